The van der Waals surface area contributed by atoms with Crippen molar-refractivity contribution in [3.8, 4) is 0 Å². The number of rotatable bonds is 6. The number of aliphatic hydroxyl groups is 1. The zero-order valence-electron chi connectivity index (χ0n) is 12.8. The zero-order chi connectivity index (χ0) is 14.4. The summed E-state index contributed by atoms with van der Waals surface area (Å²) in [5.41, 5.74) is 0.998. The first-order chi connectivity index (χ1) is 9.66. The molecule has 1 aromatic rings. The lowest BCUT2D eigenvalue weighted by Crippen LogP contribution is -2.47. The highest BCUT2D eigenvalue weighted by molar-refractivity contribution is 5.15. The molecule has 1 fully saturated rings. The first-order valence-corrected chi connectivity index (χ1v) is 8.02. The third-order valence-electron chi connectivity index (χ3n) is 4.71. The maximum absolute atomic E-state index is 10.7. The molecule has 0 radical (unpaired) electrons. The number of ether oxygens (including phenoxy) is 1. The van der Waals surface area contributed by atoms with Gasteiger partial charge in [-0.05, 0) is 56.9 Å². The molecule has 1 N–H and O–H groups in total. The van der Waals surface area contributed by atoms with Crippen molar-refractivity contribution in [2.24, 2.45) is 5.92 Å². The van der Waals surface area contributed by atoms with Crippen molar-refractivity contribution in [3.05, 3.63) is 35.9 Å². The molecule has 2 rings (SSSR count). The number of hydrogen-bond acceptors (Lipinski definition) is 2. The van der Waals surface area contributed by atoms with Gasteiger partial charge in [0, 0.05) is 6.61 Å². The molecule has 0 spiro atoms. The summed E-state index contributed by atoms with van der Waals surface area (Å²) in [6.45, 7) is 5.02. The molecule has 0 bridgehead atoms. The summed E-state index contributed by atoms with van der Waals surface area (Å²) in [6, 6.07) is 10.4. The summed E-state index contributed by atoms with van der Waals surface area (Å²) < 4.78 is 6.02. The van der Waals surface area contributed by atoms with Gasteiger partial charge in [0.1, 0.15) is 0 Å². The summed E-state index contributed by atoms with van der Waals surface area (Å²) in [5.74, 6) is 0.768. The maximum Gasteiger partial charge on any atom is 0.0940 e. The second-order valence-electron chi connectivity index (χ2n) is 6.22. The Hall–Kier alpha value is -0.860. The molecule has 0 saturated heterocycles. The van der Waals surface area contributed by atoms with E-state index in [-0.39, 0.29) is 11.7 Å². The molecule has 1 aromatic carbocycles. The average Bonchev–Trinajstić information content (AvgIpc) is 2.48. The van der Waals surface area contributed by atoms with Gasteiger partial charge in [-0.25, -0.2) is 0 Å². The molecular formula is C18H28O2. The standard InChI is InChI=1S/C18H28O2/c1-3-20-18(13-11-15(2)12-14-18)17(19)10-9-16-7-5-4-6-8-16/h4-8,15,17,19H,3,9-14H2,1-2H3. The lowest BCUT2D eigenvalue weighted by molar-refractivity contribution is -0.145. The van der Waals surface area contributed by atoms with Gasteiger partial charge in [-0.3, -0.25) is 0 Å². The molecule has 1 atom stereocenters. The predicted octanol–water partition coefficient (Wildman–Crippen LogP) is 3.97. The van der Waals surface area contributed by atoms with Crippen LogP contribution in [-0.4, -0.2) is 23.4 Å². The Morgan fingerprint density at radius 3 is 2.50 bits per heavy atom. The fourth-order valence-corrected chi connectivity index (χ4v) is 3.32. The van der Waals surface area contributed by atoms with Crippen molar-refractivity contribution in [2.45, 2.75) is 64.1 Å². The highest BCUT2D eigenvalue weighted by Crippen LogP contribution is 2.38. The van der Waals surface area contributed by atoms with Crippen LogP contribution < -0.4 is 0 Å². The van der Waals surface area contributed by atoms with E-state index in [9.17, 15) is 5.11 Å². The molecule has 0 amide bonds. The van der Waals surface area contributed by atoms with Crippen LogP contribution in [0.15, 0.2) is 30.3 Å². The number of aryl methyl sites for hydroxylation is 1. The van der Waals surface area contributed by atoms with Gasteiger partial charge in [0.2, 0.25) is 0 Å². The lowest BCUT2D eigenvalue weighted by atomic mass is 9.75. The van der Waals surface area contributed by atoms with Crippen molar-refractivity contribution >= 4 is 0 Å². The van der Waals surface area contributed by atoms with Crippen LogP contribution in [0.3, 0.4) is 0 Å². The Kier molecular flexibility index (Phi) is 5.62. The second-order valence-corrected chi connectivity index (χ2v) is 6.22. The maximum atomic E-state index is 10.7. The van der Waals surface area contributed by atoms with E-state index in [2.05, 4.69) is 31.2 Å². The third kappa shape index (κ3) is 3.83. The molecule has 1 aliphatic carbocycles. The van der Waals surface area contributed by atoms with E-state index in [4.69, 9.17) is 4.74 Å². The van der Waals surface area contributed by atoms with Crippen LogP contribution in [0.5, 0.6) is 0 Å². The lowest BCUT2D eigenvalue weighted by Gasteiger charge is -2.42. The summed E-state index contributed by atoms with van der Waals surface area (Å²) in [7, 11) is 0. The van der Waals surface area contributed by atoms with E-state index >= 15 is 0 Å². The fourth-order valence-electron chi connectivity index (χ4n) is 3.32. The third-order valence-corrected chi connectivity index (χ3v) is 4.71. The van der Waals surface area contributed by atoms with Crippen LogP contribution in [0.1, 0.15) is 51.5 Å². The first-order valence-electron chi connectivity index (χ1n) is 8.02. The Bertz CT molecular complexity index is 380. The monoisotopic (exact) mass is 276 g/mol. The summed E-state index contributed by atoms with van der Waals surface area (Å²) in [5, 5.41) is 10.7. The minimum absolute atomic E-state index is 0.296. The van der Waals surface area contributed by atoms with Crippen LogP contribution in [-0.2, 0) is 11.2 Å². The van der Waals surface area contributed by atoms with Crippen molar-refractivity contribution in [1.82, 2.24) is 0 Å². The van der Waals surface area contributed by atoms with E-state index in [0.29, 0.717) is 6.61 Å². The normalized spacial score (nSPS) is 28.2. The Balaban J connectivity index is 1.95. The molecule has 0 aliphatic heterocycles. The zero-order valence-corrected chi connectivity index (χ0v) is 12.8. The largest absolute Gasteiger partial charge is 0.390 e. The van der Waals surface area contributed by atoms with E-state index in [0.717, 1.165) is 31.6 Å². The van der Waals surface area contributed by atoms with Crippen molar-refractivity contribution < 1.29 is 9.84 Å². The van der Waals surface area contributed by atoms with Gasteiger partial charge in [-0.15, -0.1) is 0 Å². The van der Waals surface area contributed by atoms with Gasteiger partial charge < -0.3 is 9.84 Å². The molecule has 0 aromatic heterocycles. The van der Waals surface area contributed by atoms with E-state index in [1.165, 1.54) is 18.4 Å². The SMILES string of the molecule is CCOC1(C(O)CCc2ccccc2)CCC(C)CC1. The van der Waals surface area contributed by atoms with Gasteiger partial charge in [0.05, 0.1) is 11.7 Å². The molecule has 112 valence electrons. The van der Waals surface area contributed by atoms with Crippen molar-refractivity contribution in [3.63, 3.8) is 0 Å². The van der Waals surface area contributed by atoms with Gasteiger partial charge in [-0.1, -0.05) is 37.3 Å². The molecule has 1 aliphatic rings. The van der Waals surface area contributed by atoms with Gasteiger partial charge in [0.15, 0.2) is 0 Å². The minimum atomic E-state index is -0.352. The fraction of sp³-hybridized carbons (Fsp3) is 0.667. The molecule has 0 heterocycles. The van der Waals surface area contributed by atoms with Crippen LogP contribution >= 0.6 is 0 Å². The molecule has 20 heavy (non-hydrogen) atoms. The minimum Gasteiger partial charge on any atom is -0.390 e. The first kappa shape index (κ1) is 15.5. The number of aliphatic hydroxyl groups excluding tert-OH is 1. The number of benzene rings is 1. The molecule has 2 heteroatoms. The highest BCUT2D eigenvalue weighted by Gasteiger charge is 2.40. The smallest absolute Gasteiger partial charge is 0.0940 e. The van der Waals surface area contributed by atoms with Crippen LogP contribution in [0, 0.1) is 5.92 Å². The van der Waals surface area contributed by atoms with E-state index < -0.39 is 0 Å². The average molecular weight is 276 g/mol. The van der Waals surface area contributed by atoms with Crippen LogP contribution in [0.2, 0.25) is 0 Å². The van der Waals surface area contributed by atoms with Crippen LogP contribution in [0.4, 0.5) is 0 Å². The Labute approximate surface area is 123 Å². The predicted molar refractivity (Wildman–Crippen MR) is 82.8 cm³/mol. The second kappa shape index (κ2) is 7.24. The van der Waals surface area contributed by atoms with Gasteiger partial charge >= 0.3 is 0 Å². The quantitative estimate of drug-likeness (QED) is 0.852. The Morgan fingerprint density at radius 2 is 1.90 bits per heavy atom. The topological polar surface area (TPSA) is 29.5 Å². The van der Waals surface area contributed by atoms with E-state index in [1.807, 2.05) is 13.0 Å². The van der Waals surface area contributed by atoms with Gasteiger partial charge in [0.25, 0.3) is 0 Å². The van der Waals surface area contributed by atoms with Crippen molar-refractivity contribution in [2.75, 3.05) is 6.61 Å². The van der Waals surface area contributed by atoms with Gasteiger partial charge in [-0.2, -0.15) is 0 Å². The Morgan fingerprint density at radius 1 is 1.25 bits per heavy atom. The van der Waals surface area contributed by atoms with E-state index in [1.54, 1.807) is 0 Å². The molecule has 1 saturated carbocycles. The number of hydrogen-bond donors (Lipinski definition) is 1. The highest BCUT2D eigenvalue weighted by atomic mass is 16.5. The summed E-state index contributed by atoms with van der Waals surface area (Å²) >= 11 is 0. The molecular weight excluding hydrogens is 248 g/mol. The summed E-state index contributed by atoms with van der Waals surface area (Å²) in [6.07, 6.45) is 5.70. The van der Waals surface area contributed by atoms with Crippen molar-refractivity contribution in [1.29, 1.82) is 0 Å². The molecule has 1 unspecified atom stereocenters. The van der Waals surface area contributed by atoms with Crippen LogP contribution in [0.25, 0.3) is 0 Å². The molecule has 2 nitrogen and oxygen atoms in total. The summed E-state index contributed by atoms with van der Waals surface area (Å²) in [4.78, 5) is 0.